The van der Waals surface area contributed by atoms with E-state index in [1.54, 1.807) is 12.1 Å². The molecule has 1 aromatic heterocycles. The van der Waals surface area contributed by atoms with Gasteiger partial charge in [-0.05, 0) is 29.7 Å². The number of aromatic amines is 1. The van der Waals surface area contributed by atoms with E-state index in [0.29, 0.717) is 17.4 Å². The number of aryl methyl sites for hydroxylation is 1. The maximum atomic E-state index is 12.5. The zero-order valence-corrected chi connectivity index (χ0v) is 19.7. The Morgan fingerprint density at radius 3 is 2.38 bits per heavy atom. The van der Waals surface area contributed by atoms with Gasteiger partial charge in [-0.2, -0.15) is 0 Å². The van der Waals surface area contributed by atoms with E-state index in [0.717, 1.165) is 23.6 Å². The minimum absolute atomic E-state index is 0.0540. The molecule has 0 aliphatic rings. The number of carbonyl (C=O) groups is 3. The molecule has 178 valence electrons. The lowest BCUT2D eigenvalue weighted by atomic mass is 10.1. The number of nitrogens with two attached hydrogens (primary N) is 1. The highest BCUT2D eigenvalue weighted by Gasteiger charge is 2.13. The van der Waals surface area contributed by atoms with Crippen molar-refractivity contribution in [3.05, 3.63) is 87.2 Å². The molecule has 0 fully saturated rings. The van der Waals surface area contributed by atoms with Gasteiger partial charge < -0.3 is 21.4 Å². The second kappa shape index (κ2) is 12.1. The first-order valence-corrected chi connectivity index (χ1v) is 10.9. The number of amides is 1. The van der Waals surface area contributed by atoms with Crippen LogP contribution in [0.15, 0.2) is 59.2 Å². The second-order valence-electron chi connectivity index (χ2n) is 7.25. The van der Waals surface area contributed by atoms with Gasteiger partial charge in [0.1, 0.15) is 0 Å². The standard InChI is InChI=1S/C23H23N5O4.C2H6/c1-13-5-3-8-18-19(13)22(31)28-21(27-18)23(32)26-11-16-7-4-6-15(9-16)10-25-12-17(24)20(30)14(2)29;1-2/h3-9,12,25H,10-11,24H2,1-2H3,(H,26,32)(H,27,28,31);1-2H3/b17-12-;. The van der Waals surface area contributed by atoms with Crippen molar-refractivity contribution < 1.29 is 14.4 Å². The van der Waals surface area contributed by atoms with Crippen molar-refractivity contribution in [2.75, 3.05) is 0 Å². The number of carbonyl (C=O) groups excluding carboxylic acids is 3. The monoisotopic (exact) mass is 463 g/mol. The third-order valence-corrected chi connectivity index (χ3v) is 4.75. The number of hydrogen-bond donors (Lipinski definition) is 4. The van der Waals surface area contributed by atoms with Crippen molar-refractivity contribution in [3.63, 3.8) is 0 Å². The van der Waals surface area contributed by atoms with Crippen LogP contribution in [0.4, 0.5) is 0 Å². The molecule has 1 heterocycles. The Morgan fingerprint density at radius 1 is 1.06 bits per heavy atom. The van der Waals surface area contributed by atoms with Gasteiger partial charge in [-0.15, -0.1) is 0 Å². The maximum Gasteiger partial charge on any atom is 0.287 e. The minimum atomic E-state index is -0.746. The van der Waals surface area contributed by atoms with Crippen LogP contribution in [-0.2, 0) is 22.7 Å². The van der Waals surface area contributed by atoms with Gasteiger partial charge in [0, 0.05) is 26.2 Å². The molecule has 1 amide bonds. The van der Waals surface area contributed by atoms with E-state index in [1.165, 1.54) is 6.20 Å². The lowest BCUT2D eigenvalue weighted by molar-refractivity contribution is -0.133. The highest BCUT2D eigenvalue weighted by Crippen LogP contribution is 2.11. The van der Waals surface area contributed by atoms with Gasteiger partial charge in [-0.3, -0.25) is 19.2 Å². The van der Waals surface area contributed by atoms with Crippen LogP contribution in [0.25, 0.3) is 10.9 Å². The van der Waals surface area contributed by atoms with E-state index in [1.807, 2.05) is 51.1 Å². The minimum Gasteiger partial charge on any atom is -0.394 e. The number of benzene rings is 2. The topological polar surface area (TPSA) is 147 Å². The van der Waals surface area contributed by atoms with Crippen molar-refractivity contribution in [3.8, 4) is 0 Å². The summed E-state index contributed by atoms with van der Waals surface area (Å²) in [5.74, 6) is -1.92. The van der Waals surface area contributed by atoms with E-state index in [2.05, 4.69) is 20.6 Å². The first-order chi connectivity index (χ1) is 16.3. The number of fused-ring (bicyclic) bond motifs is 1. The lowest BCUT2D eigenvalue weighted by Crippen LogP contribution is -2.27. The summed E-state index contributed by atoms with van der Waals surface area (Å²) in [6.45, 7) is 7.56. The number of aromatic nitrogens is 2. The average Bonchev–Trinajstić information content (AvgIpc) is 2.83. The van der Waals surface area contributed by atoms with Crippen LogP contribution in [0.2, 0.25) is 0 Å². The van der Waals surface area contributed by atoms with Crippen molar-refractivity contribution in [2.45, 2.75) is 40.8 Å². The summed E-state index contributed by atoms with van der Waals surface area (Å²) in [6, 6.07) is 12.7. The fraction of sp³-hybridized carbons (Fsp3) is 0.240. The van der Waals surface area contributed by atoms with Gasteiger partial charge in [0.05, 0.1) is 16.6 Å². The summed E-state index contributed by atoms with van der Waals surface area (Å²) in [7, 11) is 0. The second-order valence-corrected chi connectivity index (χ2v) is 7.25. The molecule has 3 aromatic rings. The van der Waals surface area contributed by atoms with Gasteiger partial charge in [0.2, 0.25) is 11.6 Å². The van der Waals surface area contributed by atoms with Crippen LogP contribution < -0.4 is 21.9 Å². The molecule has 0 aliphatic heterocycles. The largest absolute Gasteiger partial charge is 0.394 e. The number of rotatable bonds is 8. The zero-order valence-electron chi connectivity index (χ0n) is 19.7. The number of allylic oxidation sites excluding steroid dienone is 1. The summed E-state index contributed by atoms with van der Waals surface area (Å²) >= 11 is 0. The van der Waals surface area contributed by atoms with Gasteiger partial charge in [0.15, 0.2) is 5.82 Å². The summed E-state index contributed by atoms with van der Waals surface area (Å²) in [6.07, 6.45) is 1.29. The van der Waals surface area contributed by atoms with E-state index >= 15 is 0 Å². The van der Waals surface area contributed by atoms with Crippen molar-refractivity contribution in [1.82, 2.24) is 20.6 Å². The zero-order chi connectivity index (χ0) is 25.3. The van der Waals surface area contributed by atoms with Gasteiger partial charge in [0.25, 0.3) is 11.5 Å². The van der Waals surface area contributed by atoms with Gasteiger partial charge in [-0.25, -0.2) is 4.98 Å². The highest BCUT2D eigenvalue weighted by molar-refractivity contribution is 6.42. The Hall–Kier alpha value is -4.27. The van der Waals surface area contributed by atoms with Crippen molar-refractivity contribution in [2.24, 2.45) is 5.73 Å². The molecule has 2 aromatic carbocycles. The first-order valence-electron chi connectivity index (χ1n) is 10.9. The maximum absolute atomic E-state index is 12.5. The Bertz CT molecular complexity index is 1290. The van der Waals surface area contributed by atoms with Crippen molar-refractivity contribution in [1.29, 1.82) is 0 Å². The summed E-state index contributed by atoms with van der Waals surface area (Å²) in [5, 5.41) is 6.09. The molecule has 0 radical (unpaired) electrons. The summed E-state index contributed by atoms with van der Waals surface area (Å²) < 4.78 is 0. The quantitative estimate of drug-likeness (QED) is 0.296. The van der Waals surface area contributed by atoms with E-state index < -0.39 is 17.5 Å². The third-order valence-electron chi connectivity index (χ3n) is 4.75. The van der Waals surface area contributed by atoms with Crippen LogP contribution in [0.3, 0.4) is 0 Å². The van der Waals surface area contributed by atoms with Gasteiger partial charge in [-0.1, -0.05) is 50.2 Å². The molecular formula is C25H29N5O4. The summed E-state index contributed by atoms with van der Waals surface area (Å²) in [5.41, 5.74) is 7.99. The Morgan fingerprint density at radius 2 is 1.71 bits per heavy atom. The van der Waals surface area contributed by atoms with Crippen molar-refractivity contribution >= 4 is 28.4 Å². The fourth-order valence-electron chi connectivity index (χ4n) is 3.13. The normalized spacial score (nSPS) is 10.8. The van der Waals surface area contributed by atoms with Gasteiger partial charge >= 0.3 is 0 Å². The molecule has 9 nitrogen and oxygen atoms in total. The molecule has 0 atom stereocenters. The lowest BCUT2D eigenvalue weighted by Gasteiger charge is -2.08. The van der Waals surface area contributed by atoms with E-state index in [4.69, 9.17) is 5.73 Å². The molecule has 5 N–H and O–H groups in total. The molecule has 0 saturated heterocycles. The first kappa shape index (κ1) is 26.0. The molecule has 0 spiro atoms. The summed E-state index contributed by atoms with van der Waals surface area (Å²) in [4.78, 5) is 54.1. The molecular weight excluding hydrogens is 434 g/mol. The van der Waals surface area contributed by atoms with Crippen LogP contribution >= 0.6 is 0 Å². The molecule has 9 heteroatoms. The molecule has 0 unspecified atom stereocenters. The van der Waals surface area contributed by atoms with E-state index in [9.17, 15) is 19.2 Å². The number of Topliss-reactive ketones (excluding diaryl/α,β-unsaturated/α-hetero) is 2. The molecule has 3 rings (SSSR count). The molecule has 0 saturated carbocycles. The predicted octanol–water partition coefficient (Wildman–Crippen LogP) is 2.24. The number of nitrogens with one attached hydrogen (secondary N) is 3. The Balaban J connectivity index is 0.00000199. The Labute approximate surface area is 197 Å². The van der Waals surface area contributed by atoms with Crippen LogP contribution in [0.5, 0.6) is 0 Å². The average molecular weight is 464 g/mol. The number of ketones is 2. The molecule has 0 aliphatic carbocycles. The SMILES string of the molecule is CC.CC(=O)C(=O)/C(N)=C/NCc1cccc(CNC(=O)c2nc3cccc(C)c3c(=O)[nH]2)c1. The molecule has 34 heavy (non-hydrogen) atoms. The predicted molar refractivity (Wildman–Crippen MR) is 131 cm³/mol. The smallest absolute Gasteiger partial charge is 0.287 e. The number of H-pyrrole nitrogens is 1. The van der Waals surface area contributed by atoms with Crippen LogP contribution in [0, 0.1) is 6.92 Å². The number of nitrogens with zero attached hydrogens (tertiary/aromatic N) is 1. The third kappa shape index (κ3) is 6.61. The van der Waals surface area contributed by atoms with E-state index in [-0.39, 0.29) is 23.6 Å². The number of hydrogen-bond acceptors (Lipinski definition) is 7. The molecule has 0 bridgehead atoms. The Kier molecular flexibility index (Phi) is 9.25. The van der Waals surface area contributed by atoms with Crippen LogP contribution in [-0.4, -0.2) is 27.4 Å². The van der Waals surface area contributed by atoms with Crippen LogP contribution in [0.1, 0.15) is 48.1 Å². The highest BCUT2D eigenvalue weighted by atomic mass is 16.2. The fourth-order valence-corrected chi connectivity index (χ4v) is 3.13.